The fourth-order valence-electron chi connectivity index (χ4n) is 2.71. The molecule has 2 heterocycles. The monoisotopic (exact) mass is 277 g/mol. The standard InChI is InChI=1S/C14H19N3OS/c15-11-5-6-16(9-11)10-14(18)17-7-8-19-13-4-2-1-3-12(13)17/h1-4,11H,5-10,15H2/t11-/m1/s1. The molecule has 1 fully saturated rings. The molecule has 0 aromatic heterocycles. The highest BCUT2D eigenvalue weighted by molar-refractivity contribution is 7.99. The highest BCUT2D eigenvalue weighted by Gasteiger charge is 2.26. The number of anilines is 1. The van der Waals surface area contributed by atoms with Crippen molar-refractivity contribution in [1.29, 1.82) is 0 Å². The average Bonchev–Trinajstić information content (AvgIpc) is 2.83. The Labute approximate surface area is 117 Å². The summed E-state index contributed by atoms with van der Waals surface area (Å²) in [4.78, 5) is 17.8. The van der Waals surface area contributed by atoms with Gasteiger partial charge in [-0.2, -0.15) is 0 Å². The molecule has 2 aliphatic heterocycles. The lowest BCUT2D eigenvalue weighted by molar-refractivity contribution is -0.119. The zero-order chi connectivity index (χ0) is 13.2. The number of nitrogens with zero attached hydrogens (tertiary/aromatic N) is 2. The van der Waals surface area contributed by atoms with Crippen LogP contribution >= 0.6 is 11.8 Å². The van der Waals surface area contributed by atoms with Crippen LogP contribution in [0.15, 0.2) is 29.2 Å². The second kappa shape index (κ2) is 5.53. The van der Waals surface area contributed by atoms with Crippen molar-refractivity contribution >= 4 is 23.4 Å². The SMILES string of the molecule is N[C@@H]1CCN(CC(=O)N2CCSc3ccccc32)C1. The molecular formula is C14H19N3OS. The summed E-state index contributed by atoms with van der Waals surface area (Å²) in [6.07, 6.45) is 1.000. The van der Waals surface area contributed by atoms with E-state index in [0.29, 0.717) is 6.54 Å². The molecular weight excluding hydrogens is 258 g/mol. The van der Waals surface area contributed by atoms with Gasteiger partial charge in [0.15, 0.2) is 0 Å². The van der Waals surface area contributed by atoms with Gasteiger partial charge in [-0.15, -0.1) is 11.8 Å². The Morgan fingerprint density at radius 1 is 1.37 bits per heavy atom. The normalized spacial score (nSPS) is 23.4. The Bertz CT molecular complexity index is 480. The third-order valence-corrected chi connectivity index (χ3v) is 4.74. The number of para-hydroxylation sites is 1. The maximum absolute atomic E-state index is 12.5. The second-order valence-corrected chi connectivity index (χ2v) is 6.28. The van der Waals surface area contributed by atoms with Gasteiger partial charge >= 0.3 is 0 Å². The van der Waals surface area contributed by atoms with Gasteiger partial charge in [0.05, 0.1) is 12.2 Å². The van der Waals surface area contributed by atoms with Crippen molar-refractivity contribution in [2.45, 2.75) is 17.4 Å². The van der Waals surface area contributed by atoms with Crippen molar-refractivity contribution in [2.24, 2.45) is 5.73 Å². The van der Waals surface area contributed by atoms with E-state index < -0.39 is 0 Å². The molecule has 5 heteroatoms. The molecule has 4 nitrogen and oxygen atoms in total. The Hall–Kier alpha value is -1.04. The molecule has 0 radical (unpaired) electrons. The van der Waals surface area contributed by atoms with Gasteiger partial charge in [0, 0.05) is 36.3 Å². The fourth-order valence-corrected chi connectivity index (χ4v) is 3.71. The van der Waals surface area contributed by atoms with Crippen LogP contribution in [-0.4, -0.2) is 48.8 Å². The largest absolute Gasteiger partial charge is 0.326 e. The Morgan fingerprint density at radius 3 is 3.00 bits per heavy atom. The van der Waals surface area contributed by atoms with Gasteiger partial charge in [0.2, 0.25) is 5.91 Å². The molecule has 19 heavy (non-hydrogen) atoms. The van der Waals surface area contributed by atoms with Gasteiger partial charge in [-0.1, -0.05) is 12.1 Å². The molecule has 0 unspecified atom stereocenters. The predicted octanol–water partition coefficient (Wildman–Crippen LogP) is 1.16. The minimum absolute atomic E-state index is 0.196. The highest BCUT2D eigenvalue weighted by atomic mass is 32.2. The van der Waals surface area contributed by atoms with Crippen molar-refractivity contribution in [3.8, 4) is 0 Å². The Morgan fingerprint density at radius 2 is 2.21 bits per heavy atom. The molecule has 1 atom stereocenters. The zero-order valence-electron chi connectivity index (χ0n) is 10.9. The number of rotatable bonds is 2. The van der Waals surface area contributed by atoms with E-state index >= 15 is 0 Å². The van der Waals surface area contributed by atoms with E-state index in [2.05, 4.69) is 11.0 Å². The Kier molecular flexibility index (Phi) is 3.77. The van der Waals surface area contributed by atoms with Crippen molar-refractivity contribution in [1.82, 2.24) is 4.90 Å². The third kappa shape index (κ3) is 2.78. The summed E-state index contributed by atoms with van der Waals surface area (Å²) in [5.41, 5.74) is 6.95. The first-order valence-electron chi connectivity index (χ1n) is 6.74. The van der Waals surface area contributed by atoms with E-state index in [1.165, 1.54) is 4.90 Å². The first kappa shape index (κ1) is 13.0. The quantitative estimate of drug-likeness (QED) is 0.881. The van der Waals surface area contributed by atoms with E-state index in [9.17, 15) is 4.79 Å². The second-order valence-electron chi connectivity index (χ2n) is 5.15. The molecule has 1 saturated heterocycles. The lowest BCUT2D eigenvalue weighted by Gasteiger charge is -2.30. The topological polar surface area (TPSA) is 49.6 Å². The minimum atomic E-state index is 0.196. The Balaban J connectivity index is 1.71. The molecule has 2 aliphatic rings. The highest BCUT2D eigenvalue weighted by Crippen LogP contribution is 2.34. The number of carbonyl (C=O) groups is 1. The maximum Gasteiger partial charge on any atom is 0.241 e. The number of amides is 1. The number of carbonyl (C=O) groups excluding carboxylic acids is 1. The van der Waals surface area contributed by atoms with Crippen molar-refractivity contribution < 1.29 is 4.79 Å². The van der Waals surface area contributed by atoms with E-state index in [-0.39, 0.29) is 11.9 Å². The number of thioether (sulfide) groups is 1. The van der Waals surface area contributed by atoms with Crippen LogP contribution in [0, 0.1) is 0 Å². The van der Waals surface area contributed by atoms with Crippen LogP contribution in [0.2, 0.25) is 0 Å². The van der Waals surface area contributed by atoms with Gasteiger partial charge < -0.3 is 10.6 Å². The van der Waals surface area contributed by atoms with Gasteiger partial charge in [0.1, 0.15) is 0 Å². The minimum Gasteiger partial charge on any atom is -0.326 e. The van der Waals surface area contributed by atoms with Crippen molar-refractivity contribution in [2.75, 3.05) is 36.8 Å². The van der Waals surface area contributed by atoms with E-state index in [1.54, 1.807) is 0 Å². The van der Waals surface area contributed by atoms with Gasteiger partial charge in [-0.3, -0.25) is 9.69 Å². The molecule has 0 bridgehead atoms. The number of nitrogens with two attached hydrogens (primary N) is 1. The summed E-state index contributed by atoms with van der Waals surface area (Å²) in [7, 11) is 0. The maximum atomic E-state index is 12.5. The smallest absolute Gasteiger partial charge is 0.241 e. The summed E-state index contributed by atoms with van der Waals surface area (Å²) in [6, 6.07) is 8.38. The molecule has 1 aromatic rings. The number of hydrogen-bond acceptors (Lipinski definition) is 4. The van der Waals surface area contributed by atoms with Crippen LogP contribution in [0.3, 0.4) is 0 Å². The lowest BCUT2D eigenvalue weighted by Crippen LogP contribution is -2.42. The van der Waals surface area contributed by atoms with Gasteiger partial charge in [-0.25, -0.2) is 0 Å². The number of benzene rings is 1. The molecule has 102 valence electrons. The summed E-state index contributed by atoms with van der Waals surface area (Å²) in [5, 5.41) is 0. The number of hydrogen-bond donors (Lipinski definition) is 1. The van der Waals surface area contributed by atoms with Crippen LogP contribution in [0.25, 0.3) is 0 Å². The van der Waals surface area contributed by atoms with E-state index in [0.717, 1.165) is 37.5 Å². The lowest BCUT2D eigenvalue weighted by atomic mass is 10.2. The molecule has 0 aliphatic carbocycles. The molecule has 2 N–H and O–H groups in total. The van der Waals surface area contributed by atoms with Crippen LogP contribution in [0.4, 0.5) is 5.69 Å². The van der Waals surface area contributed by atoms with E-state index in [4.69, 9.17) is 5.73 Å². The van der Waals surface area contributed by atoms with Crippen molar-refractivity contribution in [3.05, 3.63) is 24.3 Å². The summed E-state index contributed by atoms with van der Waals surface area (Å²) < 4.78 is 0. The van der Waals surface area contributed by atoms with Crippen molar-refractivity contribution in [3.63, 3.8) is 0 Å². The van der Waals surface area contributed by atoms with Crippen LogP contribution < -0.4 is 10.6 Å². The third-order valence-electron chi connectivity index (χ3n) is 3.70. The number of likely N-dealkylation sites (tertiary alicyclic amines) is 1. The van der Waals surface area contributed by atoms with Gasteiger partial charge in [0.25, 0.3) is 0 Å². The fraction of sp³-hybridized carbons (Fsp3) is 0.500. The van der Waals surface area contributed by atoms with Crippen LogP contribution in [0.5, 0.6) is 0 Å². The molecule has 1 aromatic carbocycles. The molecule has 3 rings (SSSR count). The summed E-state index contributed by atoms with van der Waals surface area (Å²) in [6.45, 7) is 3.08. The summed E-state index contributed by atoms with van der Waals surface area (Å²) >= 11 is 1.83. The summed E-state index contributed by atoms with van der Waals surface area (Å²) in [5.74, 6) is 1.17. The molecule has 0 saturated carbocycles. The van der Waals surface area contributed by atoms with Crippen LogP contribution in [0.1, 0.15) is 6.42 Å². The predicted molar refractivity (Wildman–Crippen MR) is 78.6 cm³/mol. The zero-order valence-corrected chi connectivity index (χ0v) is 11.7. The van der Waals surface area contributed by atoms with E-state index in [1.807, 2.05) is 34.9 Å². The van der Waals surface area contributed by atoms with Gasteiger partial charge in [-0.05, 0) is 18.6 Å². The van der Waals surface area contributed by atoms with Crippen LogP contribution in [-0.2, 0) is 4.79 Å². The first-order chi connectivity index (χ1) is 9.24. The first-order valence-corrected chi connectivity index (χ1v) is 7.73. The number of fused-ring (bicyclic) bond motifs is 1. The average molecular weight is 277 g/mol. The molecule has 0 spiro atoms. The molecule has 1 amide bonds.